The lowest BCUT2D eigenvalue weighted by molar-refractivity contribution is 0.669. The number of nitrogens with zero attached hydrogens (tertiary/aromatic N) is 1. The van der Waals surface area contributed by atoms with E-state index in [2.05, 4.69) is 60.7 Å². The Hall–Kier alpha value is -5.59. The van der Waals surface area contributed by atoms with Crippen molar-refractivity contribution in [3.63, 3.8) is 0 Å². The van der Waals surface area contributed by atoms with E-state index in [0.29, 0.717) is 5.56 Å². The molecule has 0 spiro atoms. The minimum atomic E-state index is 0.623. The lowest BCUT2D eigenvalue weighted by Gasteiger charge is -2.14. The van der Waals surface area contributed by atoms with Gasteiger partial charge in [-0.05, 0) is 53.1 Å². The Labute approximate surface area is 230 Å². The number of nitriles is 1. The average molecular weight is 512 g/mol. The van der Waals surface area contributed by atoms with Gasteiger partial charge >= 0.3 is 0 Å². The van der Waals surface area contributed by atoms with Crippen LogP contribution in [0.2, 0.25) is 0 Å². The zero-order valence-corrected chi connectivity index (χ0v) is 21.4. The molecule has 0 N–H and O–H groups in total. The number of benzene rings is 6. The van der Waals surface area contributed by atoms with Gasteiger partial charge in [0.15, 0.2) is 0 Å². The average Bonchev–Trinajstić information content (AvgIpc) is 3.59. The molecule has 0 fully saturated rings. The molecule has 186 valence electrons. The minimum Gasteiger partial charge on any atom is -0.456 e. The number of para-hydroxylation sites is 3. The van der Waals surface area contributed by atoms with Gasteiger partial charge in [-0.3, -0.25) is 0 Å². The number of hydrogen-bond acceptors (Lipinski definition) is 3. The SMILES string of the molecule is N#Cc1c(-c2ccccc2)cc(-c2ccc3oc4ccccc4c3c2)cc1-c1cccc2c1oc1ccccc12. The highest BCUT2D eigenvalue weighted by atomic mass is 16.3. The number of rotatable bonds is 3. The van der Waals surface area contributed by atoms with E-state index in [1.807, 2.05) is 72.8 Å². The van der Waals surface area contributed by atoms with E-state index >= 15 is 0 Å². The molecule has 8 aromatic rings. The second-order valence-corrected chi connectivity index (χ2v) is 10.0. The lowest BCUT2D eigenvalue weighted by Crippen LogP contribution is -1.93. The van der Waals surface area contributed by atoms with Crippen LogP contribution in [0.25, 0.3) is 77.3 Å². The van der Waals surface area contributed by atoms with Gasteiger partial charge in [-0.15, -0.1) is 0 Å². The Morgan fingerprint density at radius 1 is 0.425 bits per heavy atom. The van der Waals surface area contributed by atoms with Gasteiger partial charge in [0.2, 0.25) is 0 Å². The molecule has 0 aliphatic heterocycles. The third-order valence-corrected chi connectivity index (χ3v) is 7.74. The second-order valence-electron chi connectivity index (χ2n) is 10.0. The molecule has 2 heterocycles. The van der Waals surface area contributed by atoms with Crippen molar-refractivity contribution in [3.8, 4) is 39.4 Å². The molecular weight excluding hydrogens is 490 g/mol. The first kappa shape index (κ1) is 22.4. The van der Waals surface area contributed by atoms with Gasteiger partial charge < -0.3 is 8.83 Å². The summed E-state index contributed by atoms with van der Waals surface area (Å²) in [7, 11) is 0. The molecule has 0 aliphatic rings. The van der Waals surface area contributed by atoms with Crippen LogP contribution in [0, 0.1) is 11.3 Å². The summed E-state index contributed by atoms with van der Waals surface area (Å²) in [6.45, 7) is 0. The Bertz CT molecular complexity index is 2280. The van der Waals surface area contributed by atoms with Crippen LogP contribution in [0.4, 0.5) is 0 Å². The van der Waals surface area contributed by atoms with E-state index in [0.717, 1.165) is 77.3 Å². The monoisotopic (exact) mass is 511 g/mol. The standard InChI is InChI=1S/C37H21NO2/c38-22-33-30(23-9-2-1-3-10-23)20-25(24-17-18-36-32(19-24)27-12-5-6-15-34(27)39-36)21-31(33)29-14-8-13-28-26-11-4-7-16-35(26)40-37(28)29/h1-21H. The van der Waals surface area contributed by atoms with E-state index < -0.39 is 0 Å². The van der Waals surface area contributed by atoms with Gasteiger partial charge in [-0.25, -0.2) is 0 Å². The van der Waals surface area contributed by atoms with Crippen molar-refractivity contribution in [1.82, 2.24) is 0 Å². The lowest BCUT2D eigenvalue weighted by atomic mass is 9.87. The van der Waals surface area contributed by atoms with Crippen LogP contribution in [0.3, 0.4) is 0 Å². The molecular formula is C37H21NO2. The molecule has 0 atom stereocenters. The van der Waals surface area contributed by atoms with Crippen molar-refractivity contribution in [2.24, 2.45) is 0 Å². The molecule has 6 aromatic carbocycles. The van der Waals surface area contributed by atoms with Crippen LogP contribution >= 0.6 is 0 Å². The molecule has 0 saturated heterocycles. The maximum Gasteiger partial charge on any atom is 0.143 e. The molecule has 3 nitrogen and oxygen atoms in total. The second kappa shape index (κ2) is 8.73. The fraction of sp³-hybridized carbons (Fsp3) is 0. The summed E-state index contributed by atoms with van der Waals surface area (Å²) in [6, 6.07) is 45.5. The number of fused-ring (bicyclic) bond motifs is 6. The van der Waals surface area contributed by atoms with E-state index in [9.17, 15) is 5.26 Å². The Kier molecular flexibility index (Phi) is 4.89. The third kappa shape index (κ3) is 3.37. The molecule has 0 bridgehead atoms. The summed E-state index contributed by atoms with van der Waals surface area (Å²) in [5.74, 6) is 0. The van der Waals surface area contributed by atoms with Gasteiger partial charge in [-0.2, -0.15) is 5.26 Å². The van der Waals surface area contributed by atoms with E-state index in [1.54, 1.807) is 0 Å². The molecule has 0 saturated carbocycles. The molecule has 0 radical (unpaired) electrons. The quantitative estimate of drug-likeness (QED) is 0.237. The first-order chi connectivity index (χ1) is 19.8. The van der Waals surface area contributed by atoms with Crippen molar-refractivity contribution in [1.29, 1.82) is 5.26 Å². The maximum absolute atomic E-state index is 10.5. The Morgan fingerprint density at radius 3 is 1.88 bits per heavy atom. The predicted octanol–water partition coefficient (Wildman–Crippen LogP) is 10.4. The van der Waals surface area contributed by atoms with Crippen molar-refractivity contribution >= 4 is 43.9 Å². The molecule has 8 rings (SSSR count). The van der Waals surface area contributed by atoms with Crippen molar-refractivity contribution < 1.29 is 8.83 Å². The van der Waals surface area contributed by atoms with Crippen LogP contribution in [-0.2, 0) is 0 Å². The van der Waals surface area contributed by atoms with Crippen molar-refractivity contribution in [2.45, 2.75) is 0 Å². The summed E-state index contributed by atoms with van der Waals surface area (Å²) >= 11 is 0. The molecule has 3 heteroatoms. The van der Waals surface area contributed by atoms with Crippen LogP contribution in [-0.4, -0.2) is 0 Å². The largest absolute Gasteiger partial charge is 0.456 e. The van der Waals surface area contributed by atoms with Gasteiger partial charge in [-0.1, -0.05) is 91.0 Å². The summed E-state index contributed by atoms with van der Waals surface area (Å²) in [5, 5.41) is 14.8. The van der Waals surface area contributed by atoms with Crippen molar-refractivity contribution in [2.75, 3.05) is 0 Å². The zero-order chi connectivity index (χ0) is 26.6. The molecule has 0 aliphatic carbocycles. The van der Waals surface area contributed by atoms with Crippen LogP contribution in [0.5, 0.6) is 0 Å². The van der Waals surface area contributed by atoms with Gasteiger partial charge in [0.25, 0.3) is 0 Å². The fourth-order valence-corrected chi connectivity index (χ4v) is 5.85. The predicted molar refractivity (Wildman–Crippen MR) is 162 cm³/mol. The summed E-state index contributed by atoms with van der Waals surface area (Å²) in [5.41, 5.74) is 9.68. The smallest absolute Gasteiger partial charge is 0.143 e. The molecule has 0 unspecified atom stereocenters. The van der Waals surface area contributed by atoms with E-state index in [1.165, 1.54) is 0 Å². The molecule has 0 amide bonds. The number of furan rings is 2. The highest BCUT2D eigenvalue weighted by Gasteiger charge is 2.20. The van der Waals surface area contributed by atoms with Crippen LogP contribution < -0.4 is 0 Å². The zero-order valence-electron chi connectivity index (χ0n) is 21.4. The van der Waals surface area contributed by atoms with E-state index in [4.69, 9.17) is 8.83 Å². The molecule has 2 aromatic heterocycles. The minimum absolute atomic E-state index is 0.623. The van der Waals surface area contributed by atoms with Crippen LogP contribution in [0.15, 0.2) is 136 Å². The van der Waals surface area contributed by atoms with Gasteiger partial charge in [0.05, 0.1) is 5.56 Å². The normalized spacial score (nSPS) is 11.5. The third-order valence-electron chi connectivity index (χ3n) is 7.74. The fourth-order valence-electron chi connectivity index (χ4n) is 5.85. The van der Waals surface area contributed by atoms with Crippen LogP contribution in [0.1, 0.15) is 5.56 Å². The Balaban J connectivity index is 1.44. The van der Waals surface area contributed by atoms with Crippen molar-refractivity contribution in [3.05, 3.63) is 133 Å². The Morgan fingerprint density at radius 2 is 1.07 bits per heavy atom. The summed E-state index contributed by atoms with van der Waals surface area (Å²) < 4.78 is 12.5. The summed E-state index contributed by atoms with van der Waals surface area (Å²) in [6.07, 6.45) is 0. The van der Waals surface area contributed by atoms with E-state index in [-0.39, 0.29) is 0 Å². The first-order valence-corrected chi connectivity index (χ1v) is 13.2. The summed E-state index contributed by atoms with van der Waals surface area (Å²) in [4.78, 5) is 0. The highest BCUT2D eigenvalue weighted by Crippen LogP contribution is 2.42. The topological polar surface area (TPSA) is 50.1 Å². The molecule has 40 heavy (non-hydrogen) atoms. The number of hydrogen-bond donors (Lipinski definition) is 0. The van der Waals surface area contributed by atoms with Gasteiger partial charge in [0.1, 0.15) is 28.4 Å². The maximum atomic E-state index is 10.5. The first-order valence-electron chi connectivity index (χ1n) is 13.2. The van der Waals surface area contributed by atoms with Gasteiger partial charge in [0, 0.05) is 38.2 Å². The highest BCUT2D eigenvalue weighted by molar-refractivity contribution is 6.11.